The lowest BCUT2D eigenvalue weighted by Gasteiger charge is -2.11. The molecule has 86 valence electrons. The molecule has 2 aromatic carbocycles. The van der Waals surface area contributed by atoms with E-state index in [9.17, 15) is 0 Å². The van der Waals surface area contributed by atoms with E-state index in [0.717, 1.165) is 6.42 Å². The average Bonchev–Trinajstić information content (AvgIpc) is 2.40. The first-order valence-corrected chi connectivity index (χ1v) is 6.16. The minimum atomic E-state index is 1.13. The van der Waals surface area contributed by atoms with E-state index in [-0.39, 0.29) is 0 Å². The van der Waals surface area contributed by atoms with Gasteiger partial charge < -0.3 is 0 Å². The second-order valence-electron chi connectivity index (χ2n) is 4.20. The van der Waals surface area contributed by atoms with Crippen LogP contribution in [0.4, 0.5) is 0 Å². The molecule has 0 atom stereocenters. The molecule has 2 rings (SSSR count). The number of hydrogen-bond acceptors (Lipinski definition) is 0. The van der Waals surface area contributed by atoms with Crippen LogP contribution in [0.3, 0.4) is 0 Å². The van der Waals surface area contributed by atoms with E-state index in [0.29, 0.717) is 0 Å². The van der Waals surface area contributed by atoms with Gasteiger partial charge >= 0.3 is 0 Å². The predicted molar refractivity (Wildman–Crippen MR) is 76.0 cm³/mol. The lowest BCUT2D eigenvalue weighted by molar-refractivity contribution is 0.923. The lowest BCUT2D eigenvalue weighted by atomic mass is 9.93. The smallest absolute Gasteiger partial charge is 0.0109 e. The highest BCUT2D eigenvalue weighted by Crippen LogP contribution is 2.28. The van der Waals surface area contributed by atoms with Gasteiger partial charge in [0.25, 0.3) is 0 Å². The standard InChI is InChI=1S/C17H18/c1-3-9-15-11-6-8-13-17(15)16-12-7-5-10-14(16)4-2/h4-8,10-13H,2-3,9H2,1H3. The van der Waals surface area contributed by atoms with Crippen LogP contribution in [-0.2, 0) is 6.42 Å². The van der Waals surface area contributed by atoms with Crippen LogP contribution in [-0.4, -0.2) is 0 Å². The first-order valence-electron chi connectivity index (χ1n) is 6.16. The SMILES string of the molecule is C=Cc1ccccc1-c1ccccc1CCC. The topological polar surface area (TPSA) is 0 Å². The van der Waals surface area contributed by atoms with Crippen LogP contribution < -0.4 is 0 Å². The van der Waals surface area contributed by atoms with Crippen molar-refractivity contribution in [2.45, 2.75) is 19.8 Å². The molecule has 0 N–H and O–H groups in total. The summed E-state index contributed by atoms with van der Waals surface area (Å²) in [6, 6.07) is 17.1. The molecule has 0 nitrogen and oxygen atoms in total. The van der Waals surface area contributed by atoms with Gasteiger partial charge in [-0.3, -0.25) is 0 Å². The van der Waals surface area contributed by atoms with Crippen molar-refractivity contribution in [3.8, 4) is 11.1 Å². The molecule has 0 aliphatic heterocycles. The fraction of sp³-hybridized carbons (Fsp3) is 0.176. The van der Waals surface area contributed by atoms with Crippen molar-refractivity contribution in [3.63, 3.8) is 0 Å². The summed E-state index contributed by atoms with van der Waals surface area (Å²) in [6.07, 6.45) is 4.23. The van der Waals surface area contributed by atoms with Crippen molar-refractivity contribution < 1.29 is 0 Å². The second kappa shape index (κ2) is 5.49. The molecule has 2 aromatic rings. The number of benzene rings is 2. The van der Waals surface area contributed by atoms with Gasteiger partial charge in [-0.2, -0.15) is 0 Å². The summed E-state index contributed by atoms with van der Waals surface area (Å²) in [5, 5.41) is 0. The van der Waals surface area contributed by atoms with E-state index in [1.807, 2.05) is 6.08 Å². The molecule has 0 heteroatoms. The van der Waals surface area contributed by atoms with Crippen LogP contribution in [0.15, 0.2) is 55.1 Å². The second-order valence-corrected chi connectivity index (χ2v) is 4.20. The Bertz CT molecular complexity index is 509. The van der Waals surface area contributed by atoms with Crippen LogP contribution in [0.1, 0.15) is 24.5 Å². The highest BCUT2D eigenvalue weighted by molar-refractivity contribution is 5.76. The molecule has 0 fully saturated rings. The minimum Gasteiger partial charge on any atom is -0.0984 e. The summed E-state index contributed by atoms with van der Waals surface area (Å²) in [5.41, 5.74) is 5.25. The normalized spacial score (nSPS) is 10.2. The van der Waals surface area contributed by atoms with Crippen LogP contribution in [0, 0.1) is 0 Å². The van der Waals surface area contributed by atoms with Crippen LogP contribution in [0.25, 0.3) is 17.2 Å². The zero-order valence-corrected chi connectivity index (χ0v) is 10.3. The predicted octanol–water partition coefficient (Wildman–Crippen LogP) is 4.95. The van der Waals surface area contributed by atoms with Gasteiger partial charge in [-0.1, -0.05) is 74.5 Å². The zero-order chi connectivity index (χ0) is 12.1. The van der Waals surface area contributed by atoms with Gasteiger partial charge in [0.1, 0.15) is 0 Å². The molecular weight excluding hydrogens is 204 g/mol. The summed E-state index contributed by atoms with van der Waals surface area (Å²) in [7, 11) is 0. The molecule has 0 aliphatic carbocycles. The molecule has 0 aromatic heterocycles. The number of hydrogen-bond donors (Lipinski definition) is 0. The van der Waals surface area contributed by atoms with Crippen molar-refractivity contribution >= 4 is 6.08 Å². The van der Waals surface area contributed by atoms with Gasteiger partial charge in [-0.05, 0) is 28.7 Å². The summed E-state index contributed by atoms with van der Waals surface area (Å²) < 4.78 is 0. The molecule has 0 bridgehead atoms. The monoisotopic (exact) mass is 222 g/mol. The molecule has 0 aliphatic rings. The van der Waals surface area contributed by atoms with Crippen molar-refractivity contribution in [1.29, 1.82) is 0 Å². The average molecular weight is 222 g/mol. The fourth-order valence-corrected chi connectivity index (χ4v) is 2.19. The quantitative estimate of drug-likeness (QED) is 0.686. The maximum absolute atomic E-state index is 3.89. The molecular formula is C17H18. The van der Waals surface area contributed by atoms with E-state index < -0.39 is 0 Å². The molecule has 0 heterocycles. The molecule has 0 spiro atoms. The Morgan fingerprint density at radius 3 is 2.29 bits per heavy atom. The first-order chi connectivity index (χ1) is 8.36. The zero-order valence-electron chi connectivity index (χ0n) is 10.3. The van der Waals surface area contributed by atoms with Crippen LogP contribution in [0.5, 0.6) is 0 Å². The minimum absolute atomic E-state index is 1.13. The third kappa shape index (κ3) is 2.47. The molecule has 0 unspecified atom stereocenters. The summed E-state index contributed by atoms with van der Waals surface area (Å²) in [4.78, 5) is 0. The maximum Gasteiger partial charge on any atom is -0.0109 e. The third-order valence-electron chi connectivity index (χ3n) is 3.01. The molecule has 17 heavy (non-hydrogen) atoms. The van der Waals surface area contributed by atoms with E-state index in [2.05, 4.69) is 62.0 Å². The number of rotatable bonds is 4. The third-order valence-corrected chi connectivity index (χ3v) is 3.01. The Hall–Kier alpha value is -1.82. The van der Waals surface area contributed by atoms with E-state index >= 15 is 0 Å². The van der Waals surface area contributed by atoms with Gasteiger partial charge in [0.2, 0.25) is 0 Å². The van der Waals surface area contributed by atoms with Crippen LogP contribution in [0.2, 0.25) is 0 Å². The fourth-order valence-electron chi connectivity index (χ4n) is 2.19. The Morgan fingerprint density at radius 1 is 0.941 bits per heavy atom. The summed E-state index contributed by atoms with van der Waals surface area (Å²) in [5.74, 6) is 0. The highest BCUT2D eigenvalue weighted by atomic mass is 14.1. The van der Waals surface area contributed by atoms with Crippen molar-refractivity contribution in [2.75, 3.05) is 0 Å². The van der Waals surface area contributed by atoms with E-state index in [1.54, 1.807) is 0 Å². The van der Waals surface area contributed by atoms with E-state index in [1.165, 1.54) is 28.7 Å². The van der Waals surface area contributed by atoms with Crippen molar-refractivity contribution in [1.82, 2.24) is 0 Å². The van der Waals surface area contributed by atoms with Crippen molar-refractivity contribution in [2.24, 2.45) is 0 Å². The van der Waals surface area contributed by atoms with Gasteiger partial charge in [0, 0.05) is 0 Å². The Labute approximate surface area is 104 Å². The Kier molecular flexibility index (Phi) is 3.77. The lowest BCUT2D eigenvalue weighted by Crippen LogP contribution is -1.90. The summed E-state index contributed by atoms with van der Waals surface area (Å²) in [6.45, 7) is 6.11. The largest absolute Gasteiger partial charge is 0.0984 e. The molecule has 0 saturated carbocycles. The molecule has 0 saturated heterocycles. The number of aryl methyl sites for hydroxylation is 1. The van der Waals surface area contributed by atoms with Crippen LogP contribution >= 0.6 is 0 Å². The van der Waals surface area contributed by atoms with E-state index in [4.69, 9.17) is 0 Å². The van der Waals surface area contributed by atoms with Gasteiger partial charge in [0.15, 0.2) is 0 Å². The van der Waals surface area contributed by atoms with Crippen molar-refractivity contribution in [3.05, 3.63) is 66.2 Å². The highest BCUT2D eigenvalue weighted by Gasteiger charge is 2.06. The maximum atomic E-state index is 3.89. The molecule has 0 amide bonds. The van der Waals surface area contributed by atoms with Gasteiger partial charge in [0.05, 0.1) is 0 Å². The molecule has 0 radical (unpaired) electrons. The first kappa shape index (κ1) is 11.7. The summed E-state index contributed by atoms with van der Waals surface area (Å²) >= 11 is 0. The van der Waals surface area contributed by atoms with Gasteiger partial charge in [-0.25, -0.2) is 0 Å². The Balaban J connectivity index is 2.55. The Morgan fingerprint density at radius 2 is 1.59 bits per heavy atom. The van der Waals surface area contributed by atoms with Gasteiger partial charge in [-0.15, -0.1) is 0 Å².